The molecule has 0 amide bonds. The Labute approximate surface area is 200 Å². The number of aryl methyl sites for hydroxylation is 1. The molecule has 10 heteroatoms. The molecule has 10 nitrogen and oxygen atoms in total. The number of methoxy groups -OCH3 is 4. The third kappa shape index (κ3) is 4.42. The second-order valence-electron chi connectivity index (χ2n) is 7.30. The minimum absolute atomic E-state index is 0.0105. The normalized spacial score (nSPS) is 11.3. The van der Waals surface area contributed by atoms with Crippen molar-refractivity contribution in [1.29, 1.82) is 0 Å². The van der Waals surface area contributed by atoms with Crippen molar-refractivity contribution in [2.24, 2.45) is 7.05 Å². The van der Waals surface area contributed by atoms with Crippen LogP contribution in [0.5, 0.6) is 5.75 Å². The van der Waals surface area contributed by atoms with Gasteiger partial charge in [-0.15, -0.1) is 0 Å². The van der Waals surface area contributed by atoms with E-state index in [9.17, 15) is 19.2 Å². The van der Waals surface area contributed by atoms with Crippen molar-refractivity contribution in [3.05, 3.63) is 47.0 Å². The lowest BCUT2D eigenvalue weighted by Crippen LogP contribution is -2.14. The summed E-state index contributed by atoms with van der Waals surface area (Å²) >= 11 is 0. The lowest BCUT2D eigenvalue weighted by atomic mass is 9.99. The number of hydrogen-bond acceptors (Lipinski definition) is 9. The van der Waals surface area contributed by atoms with Crippen molar-refractivity contribution in [3.63, 3.8) is 0 Å². The van der Waals surface area contributed by atoms with Crippen LogP contribution in [0.3, 0.4) is 0 Å². The molecule has 0 atom stereocenters. The van der Waals surface area contributed by atoms with E-state index in [1.165, 1.54) is 34.5 Å². The van der Waals surface area contributed by atoms with Crippen LogP contribution in [0.1, 0.15) is 33.2 Å². The highest BCUT2D eigenvalue weighted by atomic mass is 16.5. The number of hydrogen-bond donors (Lipinski definition) is 0. The Morgan fingerprint density at radius 3 is 2.17 bits per heavy atom. The van der Waals surface area contributed by atoms with Crippen molar-refractivity contribution in [2.45, 2.75) is 6.92 Å². The number of aromatic nitrogens is 1. The van der Waals surface area contributed by atoms with Gasteiger partial charge in [-0.3, -0.25) is 0 Å². The Kier molecular flexibility index (Phi) is 7.43. The van der Waals surface area contributed by atoms with E-state index in [4.69, 9.17) is 18.9 Å². The van der Waals surface area contributed by atoms with E-state index in [-0.39, 0.29) is 23.3 Å². The SMILES string of the molecule is CCOc1cc(C(=O)OC)c(C(=O)OC)c2c1c1cc(/C(=C/C(=O)OC)C(=O)OC)ccc1n2C. The van der Waals surface area contributed by atoms with Crippen LogP contribution < -0.4 is 4.74 Å². The summed E-state index contributed by atoms with van der Waals surface area (Å²) in [6.07, 6.45) is 1.04. The average molecular weight is 483 g/mol. The highest BCUT2D eigenvalue weighted by Crippen LogP contribution is 2.40. The standard InChI is InChI=1S/C25H25NO9/c1-7-35-18-11-16(24(29)33-5)21(25(30)34-6)22-20(18)15-10-13(8-9-17(15)26(22)2)14(23(28)32-4)12-19(27)31-3/h8-12H,7H2,1-6H3/b14-12-. The molecule has 184 valence electrons. The van der Waals surface area contributed by atoms with Crippen LogP contribution in [0.2, 0.25) is 0 Å². The van der Waals surface area contributed by atoms with E-state index in [1.54, 1.807) is 36.7 Å². The monoisotopic (exact) mass is 483 g/mol. The van der Waals surface area contributed by atoms with E-state index in [0.29, 0.717) is 33.1 Å². The first-order valence-corrected chi connectivity index (χ1v) is 10.5. The zero-order valence-electron chi connectivity index (χ0n) is 20.2. The van der Waals surface area contributed by atoms with Crippen molar-refractivity contribution >= 4 is 51.3 Å². The fourth-order valence-electron chi connectivity index (χ4n) is 3.95. The summed E-state index contributed by atoms with van der Waals surface area (Å²) in [4.78, 5) is 49.7. The third-order valence-electron chi connectivity index (χ3n) is 5.50. The zero-order chi connectivity index (χ0) is 25.9. The number of esters is 4. The van der Waals surface area contributed by atoms with Gasteiger partial charge in [0, 0.05) is 24.0 Å². The molecule has 3 aromatic rings. The third-order valence-corrected chi connectivity index (χ3v) is 5.50. The number of carbonyl (C=O) groups excluding carboxylic acids is 4. The van der Waals surface area contributed by atoms with Crippen molar-refractivity contribution < 1.29 is 42.9 Å². The van der Waals surface area contributed by atoms with Crippen LogP contribution in [0.25, 0.3) is 27.4 Å². The Balaban J connectivity index is 2.50. The molecule has 2 aromatic carbocycles. The molecule has 0 spiro atoms. The second kappa shape index (κ2) is 10.3. The Hall–Kier alpha value is -4.34. The smallest absolute Gasteiger partial charge is 0.340 e. The lowest BCUT2D eigenvalue weighted by Gasteiger charge is -2.13. The average Bonchev–Trinajstić information content (AvgIpc) is 3.17. The molecule has 0 fully saturated rings. The van der Waals surface area contributed by atoms with Gasteiger partial charge in [-0.25, -0.2) is 19.2 Å². The molecular weight excluding hydrogens is 458 g/mol. The minimum atomic E-state index is -0.733. The van der Waals surface area contributed by atoms with Gasteiger partial charge in [-0.2, -0.15) is 0 Å². The molecule has 0 aliphatic carbocycles. The molecule has 0 saturated carbocycles. The molecule has 0 aliphatic rings. The van der Waals surface area contributed by atoms with Crippen LogP contribution in [-0.4, -0.2) is 63.5 Å². The van der Waals surface area contributed by atoms with E-state index in [0.717, 1.165) is 6.08 Å². The van der Waals surface area contributed by atoms with Gasteiger partial charge in [0.05, 0.1) is 62.6 Å². The summed E-state index contributed by atoms with van der Waals surface area (Å²) in [7, 11) is 6.55. The summed E-state index contributed by atoms with van der Waals surface area (Å²) in [5.41, 5.74) is 1.40. The van der Waals surface area contributed by atoms with E-state index < -0.39 is 23.9 Å². The fourth-order valence-corrected chi connectivity index (χ4v) is 3.95. The molecule has 1 heterocycles. The molecule has 0 unspecified atom stereocenters. The maximum absolute atomic E-state index is 12.8. The summed E-state index contributed by atoms with van der Waals surface area (Å²) in [5.74, 6) is -2.59. The Morgan fingerprint density at radius 2 is 1.60 bits per heavy atom. The first-order chi connectivity index (χ1) is 16.7. The molecule has 35 heavy (non-hydrogen) atoms. The number of rotatable bonds is 7. The number of fused-ring (bicyclic) bond motifs is 3. The summed E-state index contributed by atoms with van der Waals surface area (Å²) in [6, 6.07) is 6.45. The Bertz CT molecular complexity index is 1380. The first kappa shape index (κ1) is 25.3. The topological polar surface area (TPSA) is 119 Å². The summed E-state index contributed by atoms with van der Waals surface area (Å²) in [6.45, 7) is 2.06. The maximum Gasteiger partial charge on any atom is 0.340 e. The van der Waals surface area contributed by atoms with E-state index in [2.05, 4.69) is 4.74 Å². The van der Waals surface area contributed by atoms with Crippen LogP contribution in [-0.2, 0) is 35.6 Å². The molecule has 0 bridgehead atoms. The maximum atomic E-state index is 12.8. The van der Waals surface area contributed by atoms with Crippen LogP contribution in [0, 0.1) is 0 Å². The van der Waals surface area contributed by atoms with E-state index in [1.807, 2.05) is 0 Å². The number of benzene rings is 2. The van der Waals surface area contributed by atoms with Gasteiger partial charge >= 0.3 is 23.9 Å². The predicted molar refractivity (Wildman–Crippen MR) is 126 cm³/mol. The summed E-state index contributed by atoms with van der Waals surface area (Å²) < 4.78 is 26.9. The summed E-state index contributed by atoms with van der Waals surface area (Å²) in [5, 5.41) is 1.12. The molecule has 0 N–H and O–H groups in total. The van der Waals surface area contributed by atoms with Gasteiger partial charge in [-0.1, -0.05) is 6.07 Å². The molecule has 0 radical (unpaired) electrons. The molecule has 0 saturated heterocycles. The quantitative estimate of drug-likeness (QED) is 0.284. The predicted octanol–water partition coefficient (Wildman–Crippen LogP) is 3.03. The highest BCUT2D eigenvalue weighted by molar-refractivity contribution is 6.24. The van der Waals surface area contributed by atoms with Crippen LogP contribution in [0.4, 0.5) is 0 Å². The highest BCUT2D eigenvalue weighted by Gasteiger charge is 2.29. The van der Waals surface area contributed by atoms with Gasteiger partial charge in [0.1, 0.15) is 5.75 Å². The van der Waals surface area contributed by atoms with Gasteiger partial charge in [0.2, 0.25) is 0 Å². The van der Waals surface area contributed by atoms with Gasteiger partial charge in [-0.05, 0) is 30.7 Å². The van der Waals surface area contributed by atoms with E-state index >= 15 is 0 Å². The Morgan fingerprint density at radius 1 is 0.914 bits per heavy atom. The number of carbonyl (C=O) groups is 4. The van der Waals surface area contributed by atoms with Gasteiger partial charge in [0.25, 0.3) is 0 Å². The number of nitrogens with zero attached hydrogens (tertiary/aromatic N) is 1. The molecular formula is C25H25NO9. The molecule has 3 rings (SSSR count). The fraction of sp³-hybridized carbons (Fsp3) is 0.280. The minimum Gasteiger partial charge on any atom is -0.493 e. The van der Waals surface area contributed by atoms with Gasteiger partial charge in [0.15, 0.2) is 0 Å². The molecule has 0 aliphatic heterocycles. The number of ether oxygens (including phenoxy) is 5. The zero-order valence-corrected chi connectivity index (χ0v) is 20.2. The van der Waals surface area contributed by atoms with Gasteiger partial charge < -0.3 is 28.3 Å². The van der Waals surface area contributed by atoms with Crippen molar-refractivity contribution in [3.8, 4) is 5.75 Å². The lowest BCUT2D eigenvalue weighted by molar-refractivity contribution is -0.136. The van der Waals surface area contributed by atoms with Crippen LogP contribution >= 0.6 is 0 Å². The second-order valence-corrected chi connectivity index (χ2v) is 7.30. The first-order valence-electron chi connectivity index (χ1n) is 10.5. The van der Waals surface area contributed by atoms with Crippen molar-refractivity contribution in [2.75, 3.05) is 35.0 Å². The molecule has 1 aromatic heterocycles. The van der Waals surface area contributed by atoms with Crippen molar-refractivity contribution in [1.82, 2.24) is 4.57 Å². The van der Waals surface area contributed by atoms with Crippen LogP contribution in [0.15, 0.2) is 30.3 Å². The largest absolute Gasteiger partial charge is 0.493 e.